The number of aliphatic hydroxyl groups excluding tert-OH is 1. The number of hydrogen-bond donors (Lipinski definition) is 3. The molecule has 3 aromatic rings. The molecule has 1 aliphatic carbocycles. The molecule has 46 heavy (non-hydrogen) atoms. The number of hydrogen-bond acceptors (Lipinski definition) is 8. The maximum atomic E-state index is 14.1. The number of halogens is 4. The standard InChI is InChI=1S/C30H26F4N2O9S/c1-28(2)14-18(15-46(42,43)44)19-10-17-11-20(27(41)45-23(17)12-21(19)36(28)7-3-4-25(38)39)16-5-8-35(9-6-16)22-13-24(37)29(31,32)30(33,34)26(22)40/h5-6,8-12,14H,3-4,7,13,15H2,1-2H3,(H2-,38,39,40,42,43,44)/p+1. The summed E-state index contributed by atoms with van der Waals surface area (Å²) in [6.45, 7) is 3.80. The highest BCUT2D eigenvalue weighted by Crippen LogP contribution is 2.46. The van der Waals surface area contributed by atoms with Crippen molar-refractivity contribution in [2.24, 2.45) is 0 Å². The number of aliphatic hydroxyl groups is 1. The van der Waals surface area contributed by atoms with Gasteiger partial charge in [0.05, 0.1) is 11.1 Å². The number of fused-ring (bicyclic) bond motifs is 2. The second kappa shape index (κ2) is 11.0. The number of ketones is 1. The molecule has 11 nitrogen and oxygen atoms in total. The minimum atomic E-state index is -5.12. The summed E-state index contributed by atoms with van der Waals surface area (Å²) in [7, 11) is -4.48. The van der Waals surface area contributed by atoms with Crippen LogP contribution in [-0.4, -0.2) is 64.6 Å². The van der Waals surface area contributed by atoms with Crippen LogP contribution in [0.15, 0.2) is 63.8 Å². The highest BCUT2D eigenvalue weighted by atomic mass is 32.2. The molecule has 3 heterocycles. The lowest BCUT2D eigenvalue weighted by Crippen LogP contribution is -2.54. The first-order valence-corrected chi connectivity index (χ1v) is 15.4. The Morgan fingerprint density at radius 3 is 2.28 bits per heavy atom. The summed E-state index contributed by atoms with van der Waals surface area (Å²) in [5.41, 5.74) is -1.07. The van der Waals surface area contributed by atoms with Crippen LogP contribution < -0.4 is 15.1 Å². The van der Waals surface area contributed by atoms with E-state index in [4.69, 9.17) is 9.52 Å². The van der Waals surface area contributed by atoms with Crippen molar-refractivity contribution in [3.63, 3.8) is 0 Å². The molecular formula is C30H27F4N2O9S+. The number of benzene rings is 1. The lowest BCUT2D eigenvalue weighted by Gasteiger charge is -2.43. The molecule has 0 amide bonds. The predicted octanol–water partition coefficient (Wildman–Crippen LogP) is 4.45. The quantitative estimate of drug-likeness (QED) is 0.135. The van der Waals surface area contributed by atoms with E-state index >= 15 is 0 Å². The van der Waals surface area contributed by atoms with E-state index in [2.05, 4.69) is 0 Å². The minimum absolute atomic E-state index is 0.0239. The monoisotopic (exact) mass is 667 g/mol. The zero-order valence-corrected chi connectivity index (χ0v) is 25.1. The number of carbonyl (C=O) groups is 2. The molecule has 244 valence electrons. The molecule has 0 saturated heterocycles. The number of nitrogens with zero attached hydrogens (tertiary/aromatic N) is 2. The topological polar surface area (TPSA) is 166 Å². The van der Waals surface area contributed by atoms with Gasteiger partial charge in [-0.3, -0.25) is 14.1 Å². The zero-order valence-electron chi connectivity index (χ0n) is 24.3. The van der Waals surface area contributed by atoms with Gasteiger partial charge in [0, 0.05) is 53.4 Å². The van der Waals surface area contributed by atoms with Gasteiger partial charge in [0.1, 0.15) is 17.8 Å². The van der Waals surface area contributed by atoms with Crippen molar-refractivity contribution in [3.05, 3.63) is 70.5 Å². The van der Waals surface area contributed by atoms with Crippen LogP contribution in [0.1, 0.15) is 38.7 Å². The zero-order chi connectivity index (χ0) is 34.0. The number of aromatic nitrogens is 1. The Bertz CT molecular complexity index is 2020. The van der Waals surface area contributed by atoms with E-state index in [-0.39, 0.29) is 41.7 Å². The summed E-state index contributed by atoms with van der Waals surface area (Å²) in [4.78, 5) is 37.8. The second-order valence-electron chi connectivity index (χ2n) is 11.6. The first-order chi connectivity index (χ1) is 21.2. The SMILES string of the molecule is CC1(C)C=C(CS(=O)(=O)O)c2cc3cc(-c4cc[n+](C5=C(O)C(F)(F)C(F)(F)C(=O)C5)cc4)c(=O)oc3cc2N1CCCC(=O)O. The van der Waals surface area contributed by atoms with E-state index < -0.39 is 68.5 Å². The molecule has 0 spiro atoms. The third-order valence-electron chi connectivity index (χ3n) is 7.92. The normalized spacial score (nSPS) is 18.8. The van der Waals surface area contributed by atoms with Crippen LogP contribution in [0.4, 0.5) is 23.2 Å². The van der Waals surface area contributed by atoms with Gasteiger partial charge in [-0.2, -0.15) is 30.5 Å². The molecule has 0 bridgehead atoms. The number of carbonyl (C=O) groups excluding carboxylic acids is 1. The molecule has 0 atom stereocenters. The van der Waals surface area contributed by atoms with Crippen molar-refractivity contribution in [1.82, 2.24) is 0 Å². The van der Waals surface area contributed by atoms with Gasteiger partial charge in [0.15, 0.2) is 12.4 Å². The van der Waals surface area contributed by atoms with Gasteiger partial charge >= 0.3 is 23.4 Å². The van der Waals surface area contributed by atoms with Gasteiger partial charge in [-0.05, 0) is 38.0 Å². The molecule has 3 N–H and O–H groups in total. The number of pyridine rings is 1. The average Bonchev–Trinajstić information content (AvgIpc) is 2.94. The van der Waals surface area contributed by atoms with Crippen molar-refractivity contribution in [1.29, 1.82) is 0 Å². The Morgan fingerprint density at radius 1 is 1.04 bits per heavy atom. The highest BCUT2D eigenvalue weighted by Gasteiger charge is 2.69. The summed E-state index contributed by atoms with van der Waals surface area (Å²) in [5, 5.41) is 19.3. The fourth-order valence-corrected chi connectivity index (χ4v) is 6.33. The minimum Gasteiger partial charge on any atom is -0.502 e. The molecule has 1 aliphatic heterocycles. The lowest BCUT2D eigenvalue weighted by molar-refractivity contribution is -0.585. The summed E-state index contributed by atoms with van der Waals surface area (Å²) in [5.74, 6) is -16.0. The largest absolute Gasteiger partial charge is 0.502 e. The van der Waals surface area contributed by atoms with Crippen molar-refractivity contribution in [2.75, 3.05) is 17.2 Å². The van der Waals surface area contributed by atoms with Crippen LogP contribution in [0.3, 0.4) is 0 Å². The van der Waals surface area contributed by atoms with Crippen molar-refractivity contribution in [2.45, 2.75) is 50.5 Å². The van der Waals surface area contributed by atoms with Crippen LogP contribution in [0, 0.1) is 0 Å². The molecule has 2 aliphatic rings. The van der Waals surface area contributed by atoms with Crippen LogP contribution in [0.25, 0.3) is 33.4 Å². The van der Waals surface area contributed by atoms with Gasteiger partial charge < -0.3 is 19.5 Å². The second-order valence-corrected chi connectivity index (χ2v) is 13.0. The number of rotatable bonds is 8. The molecule has 2 aromatic heterocycles. The first kappa shape index (κ1) is 32.8. The molecule has 0 radical (unpaired) electrons. The van der Waals surface area contributed by atoms with E-state index in [0.29, 0.717) is 16.6 Å². The fourth-order valence-electron chi connectivity index (χ4n) is 5.69. The molecule has 0 fully saturated rings. The number of allylic oxidation sites excluding steroid dienone is 2. The van der Waals surface area contributed by atoms with Crippen LogP contribution in [-0.2, 0) is 19.7 Å². The van der Waals surface area contributed by atoms with Gasteiger partial charge in [0.2, 0.25) is 17.2 Å². The smallest absolute Gasteiger partial charge is 0.379 e. The Kier molecular flexibility index (Phi) is 7.88. The van der Waals surface area contributed by atoms with Gasteiger partial charge in [-0.1, -0.05) is 6.08 Å². The molecule has 0 unspecified atom stereocenters. The maximum Gasteiger partial charge on any atom is 0.379 e. The summed E-state index contributed by atoms with van der Waals surface area (Å²) >= 11 is 0. The molecule has 1 aromatic carbocycles. The first-order valence-electron chi connectivity index (χ1n) is 13.7. The maximum absolute atomic E-state index is 14.1. The molecule has 0 saturated carbocycles. The number of anilines is 1. The van der Waals surface area contributed by atoms with E-state index in [1.54, 1.807) is 26.0 Å². The fraction of sp³-hybridized carbons (Fsp3) is 0.333. The number of alkyl halides is 4. The van der Waals surface area contributed by atoms with E-state index in [1.165, 1.54) is 24.3 Å². The summed E-state index contributed by atoms with van der Waals surface area (Å²) < 4.78 is 95.5. The van der Waals surface area contributed by atoms with Gasteiger partial charge in [-0.15, -0.1) is 0 Å². The lowest BCUT2D eigenvalue weighted by atomic mass is 9.87. The van der Waals surface area contributed by atoms with Crippen molar-refractivity contribution >= 4 is 49.8 Å². The van der Waals surface area contributed by atoms with Crippen LogP contribution in [0.2, 0.25) is 0 Å². The Morgan fingerprint density at radius 2 is 1.67 bits per heavy atom. The summed E-state index contributed by atoms with van der Waals surface area (Å²) in [6.07, 6.45) is 2.77. The van der Waals surface area contributed by atoms with E-state index in [0.717, 1.165) is 17.0 Å². The third-order valence-corrected chi connectivity index (χ3v) is 8.59. The van der Waals surface area contributed by atoms with Gasteiger partial charge in [-0.25, -0.2) is 4.79 Å². The van der Waals surface area contributed by atoms with Crippen molar-refractivity contribution in [3.8, 4) is 11.1 Å². The summed E-state index contributed by atoms with van der Waals surface area (Å²) in [6, 6.07) is 7.00. The van der Waals surface area contributed by atoms with E-state index in [9.17, 15) is 50.0 Å². The number of aliphatic carboxylic acids is 1. The van der Waals surface area contributed by atoms with Crippen LogP contribution >= 0.6 is 0 Å². The third kappa shape index (κ3) is 5.77. The Hall–Kier alpha value is -4.57. The number of carboxylic acid groups (broad SMARTS) is 1. The molecular weight excluding hydrogens is 640 g/mol. The van der Waals surface area contributed by atoms with Crippen molar-refractivity contribution < 1.29 is 59.3 Å². The average molecular weight is 668 g/mol. The van der Waals surface area contributed by atoms with Crippen LogP contribution in [0.5, 0.6) is 0 Å². The molecule has 16 heteroatoms. The molecule has 5 rings (SSSR count). The predicted molar refractivity (Wildman–Crippen MR) is 156 cm³/mol. The number of Topliss-reactive ketones (excluding diaryl/α,β-unsaturated/α-hetero) is 1. The van der Waals surface area contributed by atoms with E-state index in [1.807, 2.05) is 4.90 Å². The number of carboxylic acids is 1. The Labute approximate surface area is 258 Å². The Balaban J connectivity index is 1.58. The highest BCUT2D eigenvalue weighted by molar-refractivity contribution is 7.86. The van der Waals surface area contributed by atoms with Gasteiger partial charge in [0.25, 0.3) is 10.1 Å².